The van der Waals surface area contributed by atoms with Gasteiger partial charge in [-0.05, 0) is 25.7 Å². The molecular formula is C8H12N2OS. The van der Waals surface area contributed by atoms with Crippen molar-refractivity contribution in [2.24, 2.45) is 5.73 Å². The number of hydrogen-bond acceptors (Lipinski definition) is 3. The second kappa shape index (κ2) is 2.54. The van der Waals surface area contributed by atoms with E-state index in [4.69, 9.17) is 11.0 Å². The molecule has 2 fully saturated rings. The maximum absolute atomic E-state index is 11.5. The molecule has 0 aromatic heterocycles. The Balaban J connectivity index is 2.24. The summed E-state index contributed by atoms with van der Waals surface area (Å²) >= 11 is 0. The summed E-state index contributed by atoms with van der Waals surface area (Å²) in [6, 6.07) is 2.14. The predicted octanol–water partition coefficient (Wildman–Crippen LogP) is 0.281. The fourth-order valence-electron chi connectivity index (χ4n) is 2.23. The Kier molecular flexibility index (Phi) is 1.74. The molecule has 2 aliphatic heterocycles. The molecule has 2 aliphatic rings. The number of nitrogens with two attached hydrogens (primary N) is 1. The number of rotatable bonds is 0. The lowest BCUT2D eigenvalue weighted by Crippen LogP contribution is -2.48. The van der Waals surface area contributed by atoms with E-state index in [1.165, 1.54) is 0 Å². The monoisotopic (exact) mass is 184 g/mol. The maximum Gasteiger partial charge on any atom is 0.106 e. The van der Waals surface area contributed by atoms with E-state index in [-0.39, 0.29) is 10.5 Å². The zero-order valence-electron chi connectivity index (χ0n) is 6.82. The Hall–Kier alpha value is -0.400. The molecule has 4 heteroatoms. The van der Waals surface area contributed by atoms with Crippen molar-refractivity contribution in [3.05, 3.63) is 0 Å². The molecule has 2 rings (SSSR count). The number of hydrogen-bond donors (Lipinski definition) is 1. The van der Waals surface area contributed by atoms with Crippen LogP contribution in [0.5, 0.6) is 0 Å². The van der Waals surface area contributed by atoms with Gasteiger partial charge in [-0.2, -0.15) is 5.26 Å². The summed E-state index contributed by atoms with van der Waals surface area (Å²) in [5.74, 6) is 0. The van der Waals surface area contributed by atoms with Crippen LogP contribution in [-0.4, -0.2) is 20.2 Å². The first kappa shape index (κ1) is 8.21. The lowest BCUT2D eigenvalue weighted by molar-refractivity contribution is 0.453. The topological polar surface area (TPSA) is 66.9 Å². The molecule has 2 heterocycles. The summed E-state index contributed by atoms with van der Waals surface area (Å²) in [6.07, 6.45) is 3.26. The van der Waals surface area contributed by atoms with Crippen LogP contribution in [0.4, 0.5) is 0 Å². The molecule has 0 aliphatic carbocycles. The van der Waals surface area contributed by atoms with Crippen LogP contribution in [0.25, 0.3) is 0 Å². The standard InChI is InChI=1S/C8H12N2OS/c9-5-8(10)3-6-1-2-7(4-8)12(6)11/h6-7H,1-4,10H2. The van der Waals surface area contributed by atoms with Gasteiger partial charge in [0.25, 0.3) is 0 Å². The molecule has 12 heavy (non-hydrogen) atoms. The zero-order chi connectivity index (χ0) is 8.77. The first-order valence-electron chi connectivity index (χ1n) is 4.24. The van der Waals surface area contributed by atoms with E-state index in [0.717, 1.165) is 12.8 Å². The van der Waals surface area contributed by atoms with Gasteiger partial charge in [0, 0.05) is 21.3 Å². The number of nitriles is 1. The molecule has 3 nitrogen and oxygen atoms in total. The largest absolute Gasteiger partial charge is 0.313 e. The smallest absolute Gasteiger partial charge is 0.106 e. The molecule has 2 bridgehead atoms. The highest BCUT2D eigenvalue weighted by atomic mass is 32.2. The lowest BCUT2D eigenvalue weighted by Gasteiger charge is -2.30. The van der Waals surface area contributed by atoms with Crippen molar-refractivity contribution in [2.75, 3.05) is 0 Å². The van der Waals surface area contributed by atoms with Crippen LogP contribution < -0.4 is 5.73 Å². The van der Waals surface area contributed by atoms with E-state index in [9.17, 15) is 4.21 Å². The summed E-state index contributed by atoms with van der Waals surface area (Å²) < 4.78 is 11.5. The van der Waals surface area contributed by atoms with Crippen molar-refractivity contribution < 1.29 is 4.21 Å². The van der Waals surface area contributed by atoms with Gasteiger partial charge in [0.1, 0.15) is 5.54 Å². The molecule has 0 spiro atoms. The SMILES string of the molecule is N#CC1(N)CC2CCC(C1)S2=O. The fraction of sp³-hybridized carbons (Fsp3) is 0.875. The highest BCUT2D eigenvalue weighted by Crippen LogP contribution is 2.39. The molecule has 2 N–H and O–H groups in total. The Labute approximate surface area is 74.4 Å². The van der Waals surface area contributed by atoms with E-state index in [2.05, 4.69) is 6.07 Å². The van der Waals surface area contributed by atoms with Gasteiger partial charge in [-0.15, -0.1) is 0 Å². The third kappa shape index (κ3) is 1.08. The lowest BCUT2D eigenvalue weighted by atomic mass is 9.93. The predicted molar refractivity (Wildman–Crippen MR) is 46.7 cm³/mol. The quantitative estimate of drug-likeness (QED) is 0.588. The van der Waals surface area contributed by atoms with Crippen LogP contribution in [0.3, 0.4) is 0 Å². The molecule has 2 saturated heterocycles. The van der Waals surface area contributed by atoms with Gasteiger partial charge in [0.2, 0.25) is 0 Å². The normalized spacial score (nSPS) is 51.8. The highest BCUT2D eigenvalue weighted by Gasteiger charge is 2.46. The molecule has 0 amide bonds. The second-order valence-corrected chi connectivity index (χ2v) is 5.82. The average molecular weight is 184 g/mol. The molecule has 0 radical (unpaired) electrons. The number of fused-ring (bicyclic) bond motifs is 2. The molecule has 0 aromatic rings. The second-order valence-electron chi connectivity index (χ2n) is 3.83. The maximum atomic E-state index is 11.5. The van der Waals surface area contributed by atoms with E-state index < -0.39 is 16.3 Å². The zero-order valence-corrected chi connectivity index (χ0v) is 7.64. The third-order valence-corrected chi connectivity index (χ3v) is 4.99. The highest BCUT2D eigenvalue weighted by molar-refractivity contribution is 7.86. The van der Waals surface area contributed by atoms with Gasteiger partial charge in [0.15, 0.2) is 0 Å². The summed E-state index contributed by atoms with van der Waals surface area (Å²) in [5.41, 5.74) is 5.17. The Morgan fingerprint density at radius 2 is 1.92 bits per heavy atom. The van der Waals surface area contributed by atoms with Crippen LogP contribution in [0.2, 0.25) is 0 Å². The van der Waals surface area contributed by atoms with Crippen LogP contribution in [0.15, 0.2) is 0 Å². The van der Waals surface area contributed by atoms with Gasteiger partial charge >= 0.3 is 0 Å². The Bertz CT molecular complexity index is 255. The minimum atomic E-state index is -0.698. The van der Waals surface area contributed by atoms with Crippen molar-refractivity contribution in [3.8, 4) is 6.07 Å². The minimum Gasteiger partial charge on any atom is -0.313 e. The molecule has 0 aromatic carbocycles. The summed E-state index contributed by atoms with van der Waals surface area (Å²) in [5, 5.41) is 9.23. The summed E-state index contributed by atoms with van der Waals surface area (Å²) in [4.78, 5) is 0. The van der Waals surface area contributed by atoms with Crippen LogP contribution in [0, 0.1) is 11.3 Å². The van der Waals surface area contributed by atoms with Crippen molar-refractivity contribution in [2.45, 2.75) is 41.7 Å². The van der Waals surface area contributed by atoms with Crippen molar-refractivity contribution >= 4 is 10.8 Å². The molecular weight excluding hydrogens is 172 g/mol. The molecule has 66 valence electrons. The van der Waals surface area contributed by atoms with E-state index in [1.807, 2.05) is 0 Å². The van der Waals surface area contributed by atoms with Gasteiger partial charge in [0.05, 0.1) is 6.07 Å². The Morgan fingerprint density at radius 3 is 2.33 bits per heavy atom. The molecule has 2 unspecified atom stereocenters. The first-order chi connectivity index (χ1) is 5.64. The van der Waals surface area contributed by atoms with Crippen LogP contribution >= 0.6 is 0 Å². The Morgan fingerprint density at radius 1 is 1.42 bits per heavy atom. The van der Waals surface area contributed by atoms with Gasteiger partial charge < -0.3 is 5.73 Å². The fourth-order valence-corrected chi connectivity index (χ4v) is 4.44. The van der Waals surface area contributed by atoms with Crippen LogP contribution in [-0.2, 0) is 10.8 Å². The van der Waals surface area contributed by atoms with Crippen molar-refractivity contribution in [1.82, 2.24) is 0 Å². The minimum absolute atomic E-state index is 0.202. The molecule has 0 saturated carbocycles. The van der Waals surface area contributed by atoms with Crippen molar-refractivity contribution in [3.63, 3.8) is 0 Å². The van der Waals surface area contributed by atoms with E-state index in [1.54, 1.807) is 0 Å². The summed E-state index contributed by atoms with van der Waals surface area (Å²) in [6.45, 7) is 0. The summed E-state index contributed by atoms with van der Waals surface area (Å²) in [7, 11) is -0.698. The number of nitrogens with zero attached hydrogens (tertiary/aromatic N) is 1. The van der Waals surface area contributed by atoms with E-state index in [0.29, 0.717) is 12.8 Å². The van der Waals surface area contributed by atoms with Crippen molar-refractivity contribution in [1.29, 1.82) is 5.26 Å². The van der Waals surface area contributed by atoms with Gasteiger partial charge in [-0.3, -0.25) is 4.21 Å². The van der Waals surface area contributed by atoms with E-state index >= 15 is 0 Å². The molecule has 2 atom stereocenters. The van der Waals surface area contributed by atoms with Crippen LogP contribution in [0.1, 0.15) is 25.7 Å². The van der Waals surface area contributed by atoms with Gasteiger partial charge in [-0.1, -0.05) is 0 Å². The first-order valence-corrected chi connectivity index (χ1v) is 5.52. The average Bonchev–Trinajstić information content (AvgIpc) is 2.32. The van der Waals surface area contributed by atoms with Gasteiger partial charge in [-0.25, -0.2) is 0 Å². The third-order valence-electron chi connectivity index (χ3n) is 2.87.